The predicted octanol–water partition coefficient (Wildman–Crippen LogP) is 2.11. The SMILES string of the molecule is Brc1ccccc1[C@@H]1CNCCO1. The van der Waals surface area contributed by atoms with Crippen molar-refractivity contribution >= 4 is 15.9 Å². The number of halogens is 1. The maximum Gasteiger partial charge on any atom is 0.0960 e. The van der Waals surface area contributed by atoms with Gasteiger partial charge in [-0.3, -0.25) is 0 Å². The second kappa shape index (κ2) is 4.22. The van der Waals surface area contributed by atoms with E-state index >= 15 is 0 Å². The molecule has 1 aliphatic rings. The van der Waals surface area contributed by atoms with Crippen molar-refractivity contribution in [2.75, 3.05) is 19.7 Å². The highest BCUT2D eigenvalue weighted by Crippen LogP contribution is 2.26. The molecule has 1 heterocycles. The first-order valence-electron chi connectivity index (χ1n) is 4.44. The fourth-order valence-corrected chi connectivity index (χ4v) is 2.04. The first kappa shape index (κ1) is 9.19. The maximum absolute atomic E-state index is 5.65. The molecule has 70 valence electrons. The number of rotatable bonds is 1. The molecule has 0 amide bonds. The molecular weight excluding hydrogens is 230 g/mol. The Kier molecular flexibility index (Phi) is 2.98. The van der Waals surface area contributed by atoms with E-state index in [4.69, 9.17) is 4.74 Å². The third kappa shape index (κ3) is 2.10. The van der Waals surface area contributed by atoms with E-state index in [0.29, 0.717) is 0 Å². The highest BCUT2D eigenvalue weighted by molar-refractivity contribution is 9.10. The van der Waals surface area contributed by atoms with Crippen LogP contribution in [0.3, 0.4) is 0 Å². The van der Waals surface area contributed by atoms with Gasteiger partial charge in [0.2, 0.25) is 0 Å². The molecule has 1 aromatic carbocycles. The number of ether oxygens (including phenoxy) is 1. The van der Waals surface area contributed by atoms with Crippen LogP contribution < -0.4 is 5.32 Å². The summed E-state index contributed by atoms with van der Waals surface area (Å²) in [5.41, 5.74) is 1.23. The van der Waals surface area contributed by atoms with Gasteiger partial charge in [-0.1, -0.05) is 34.1 Å². The van der Waals surface area contributed by atoms with Crippen molar-refractivity contribution in [3.63, 3.8) is 0 Å². The summed E-state index contributed by atoms with van der Waals surface area (Å²) in [5, 5.41) is 3.31. The largest absolute Gasteiger partial charge is 0.371 e. The summed E-state index contributed by atoms with van der Waals surface area (Å²) < 4.78 is 6.78. The Hall–Kier alpha value is -0.380. The Bertz CT molecular complexity index is 284. The Morgan fingerprint density at radius 3 is 2.92 bits per heavy atom. The van der Waals surface area contributed by atoms with Crippen LogP contribution in [0.1, 0.15) is 11.7 Å². The van der Waals surface area contributed by atoms with Crippen LogP contribution in [0.2, 0.25) is 0 Å². The maximum atomic E-state index is 5.65. The summed E-state index contributed by atoms with van der Waals surface area (Å²) in [6.45, 7) is 2.66. The van der Waals surface area contributed by atoms with Gasteiger partial charge in [0.05, 0.1) is 12.7 Å². The van der Waals surface area contributed by atoms with Gasteiger partial charge < -0.3 is 10.1 Å². The highest BCUT2D eigenvalue weighted by Gasteiger charge is 2.17. The zero-order valence-corrected chi connectivity index (χ0v) is 8.88. The molecule has 2 rings (SSSR count). The van der Waals surface area contributed by atoms with E-state index < -0.39 is 0 Å². The van der Waals surface area contributed by atoms with Crippen LogP contribution in [0.5, 0.6) is 0 Å². The molecule has 0 bridgehead atoms. The smallest absolute Gasteiger partial charge is 0.0960 e. The lowest BCUT2D eigenvalue weighted by molar-refractivity contribution is 0.0272. The van der Waals surface area contributed by atoms with Gasteiger partial charge in [-0.15, -0.1) is 0 Å². The van der Waals surface area contributed by atoms with Gasteiger partial charge in [-0.25, -0.2) is 0 Å². The number of nitrogens with one attached hydrogen (secondary N) is 1. The van der Waals surface area contributed by atoms with Crippen LogP contribution in [0.25, 0.3) is 0 Å². The summed E-state index contributed by atoms with van der Waals surface area (Å²) in [4.78, 5) is 0. The van der Waals surface area contributed by atoms with Gasteiger partial charge in [0.15, 0.2) is 0 Å². The summed E-state index contributed by atoms with van der Waals surface area (Å²) in [6, 6.07) is 8.21. The molecule has 0 aliphatic carbocycles. The van der Waals surface area contributed by atoms with Gasteiger partial charge in [0.25, 0.3) is 0 Å². The lowest BCUT2D eigenvalue weighted by atomic mass is 10.1. The monoisotopic (exact) mass is 241 g/mol. The van der Waals surface area contributed by atoms with Crippen LogP contribution in [0.4, 0.5) is 0 Å². The van der Waals surface area contributed by atoms with Crippen molar-refractivity contribution in [3.8, 4) is 0 Å². The molecule has 1 atom stereocenters. The van der Waals surface area contributed by atoms with E-state index in [9.17, 15) is 0 Å². The van der Waals surface area contributed by atoms with Crippen LogP contribution in [-0.4, -0.2) is 19.7 Å². The first-order chi connectivity index (χ1) is 6.38. The fraction of sp³-hybridized carbons (Fsp3) is 0.400. The zero-order chi connectivity index (χ0) is 9.10. The molecule has 1 aliphatic heterocycles. The van der Waals surface area contributed by atoms with Crippen LogP contribution >= 0.6 is 15.9 Å². The van der Waals surface area contributed by atoms with Crippen molar-refractivity contribution in [3.05, 3.63) is 34.3 Å². The molecule has 0 saturated carbocycles. The topological polar surface area (TPSA) is 21.3 Å². The average Bonchev–Trinajstić information content (AvgIpc) is 2.20. The van der Waals surface area contributed by atoms with E-state index in [2.05, 4.69) is 27.3 Å². The van der Waals surface area contributed by atoms with Crippen LogP contribution in [0.15, 0.2) is 28.7 Å². The van der Waals surface area contributed by atoms with Crippen molar-refractivity contribution in [2.24, 2.45) is 0 Å². The van der Waals surface area contributed by atoms with Gasteiger partial charge in [-0.05, 0) is 11.6 Å². The zero-order valence-electron chi connectivity index (χ0n) is 7.29. The summed E-state index contributed by atoms with van der Waals surface area (Å²) in [5.74, 6) is 0. The van der Waals surface area contributed by atoms with E-state index in [1.807, 2.05) is 18.2 Å². The minimum absolute atomic E-state index is 0.198. The number of benzene rings is 1. The van der Waals surface area contributed by atoms with Crippen LogP contribution in [0, 0.1) is 0 Å². The highest BCUT2D eigenvalue weighted by atomic mass is 79.9. The Morgan fingerprint density at radius 1 is 1.38 bits per heavy atom. The van der Waals surface area contributed by atoms with E-state index in [0.717, 1.165) is 24.2 Å². The minimum Gasteiger partial charge on any atom is -0.371 e. The van der Waals surface area contributed by atoms with E-state index in [-0.39, 0.29) is 6.10 Å². The predicted molar refractivity (Wildman–Crippen MR) is 55.7 cm³/mol. The molecule has 0 unspecified atom stereocenters. The number of hydrogen-bond donors (Lipinski definition) is 1. The fourth-order valence-electron chi connectivity index (χ4n) is 1.50. The standard InChI is InChI=1S/C10H12BrNO/c11-9-4-2-1-3-8(9)10-7-12-5-6-13-10/h1-4,10,12H,5-7H2/t10-/m0/s1. The summed E-state index contributed by atoms with van der Waals surface area (Å²) in [7, 11) is 0. The normalized spacial score (nSPS) is 23.0. The lowest BCUT2D eigenvalue weighted by Gasteiger charge is -2.24. The second-order valence-electron chi connectivity index (χ2n) is 3.09. The Labute approximate surface area is 86.4 Å². The molecule has 13 heavy (non-hydrogen) atoms. The third-order valence-electron chi connectivity index (χ3n) is 2.18. The number of morpholine rings is 1. The Balaban J connectivity index is 2.18. The van der Waals surface area contributed by atoms with Crippen molar-refractivity contribution in [2.45, 2.75) is 6.10 Å². The first-order valence-corrected chi connectivity index (χ1v) is 5.24. The summed E-state index contributed by atoms with van der Waals surface area (Å²) >= 11 is 3.52. The average molecular weight is 242 g/mol. The molecule has 1 aromatic rings. The van der Waals surface area contributed by atoms with Crippen molar-refractivity contribution in [1.29, 1.82) is 0 Å². The molecule has 3 heteroatoms. The molecular formula is C10H12BrNO. The van der Waals surface area contributed by atoms with Crippen LogP contribution in [-0.2, 0) is 4.74 Å². The lowest BCUT2D eigenvalue weighted by Crippen LogP contribution is -2.33. The number of hydrogen-bond acceptors (Lipinski definition) is 2. The second-order valence-corrected chi connectivity index (χ2v) is 3.94. The molecule has 1 N–H and O–H groups in total. The molecule has 0 radical (unpaired) electrons. The minimum atomic E-state index is 0.198. The van der Waals surface area contributed by atoms with Gasteiger partial charge in [-0.2, -0.15) is 0 Å². The van der Waals surface area contributed by atoms with Crippen molar-refractivity contribution < 1.29 is 4.74 Å². The summed E-state index contributed by atoms with van der Waals surface area (Å²) in [6.07, 6.45) is 0.198. The quantitative estimate of drug-likeness (QED) is 0.814. The molecule has 2 nitrogen and oxygen atoms in total. The molecule has 1 saturated heterocycles. The third-order valence-corrected chi connectivity index (χ3v) is 2.90. The molecule has 0 aromatic heterocycles. The Morgan fingerprint density at radius 2 is 2.23 bits per heavy atom. The van der Waals surface area contributed by atoms with Gasteiger partial charge in [0, 0.05) is 17.6 Å². The molecule has 1 fully saturated rings. The van der Waals surface area contributed by atoms with E-state index in [1.165, 1.54) is 5.56 Å². The molecule has 0 spiro atoms. The van der Waals surface area contributed by atoms with E-state index in [1.54, 1.807) is 0 Å². The van der Waals surface area contributed by atoms with Gasteiger partial charge >= 0.3 is 0 Å². The van der Waals surface area contributed by atoms with Crippen molar-refractivity contribution in [1.82, 2.24) is 5.32 Å². The van der Waals surface area contributed by atoms with Gasteiger partial charge in [0.1, 0.15) is 0 Å².